The van der Waals surface area contributed by atoms with Gasteiger partial charge in [0.25, 0.3) is 0 Å². The Morgan fingerprint density at radius 3 is 2.80 bits per heavy atom. The average molecular weight is 431 g/mol. The minimum absolute atomic E-state index is 0.0422. The Bertz CT molecular complexity index is 987. The lowest BCUT2D eigenvalue weighted by molar-refractivity contribution is 0.0839. The Kier molecular flexibility index (Phi) is 6.41. The molecule has 30 heavy (non-hydrogen) atoms. The van der Waals surface area contributed by atoms with Gasteiger partial charge < -0.3 is 15.2 Å². The largest absolute Gasteiger partial charge is 0.411 e. The van der Waals surface area contributed by atoms with Crippen molar-refractivity contribution in [2.75, 3.05) is 19.6 Å². The third-order valence-corrected chi connectivity index (χ3v) is 6.03. The van der Waals surface area contributed by atoms with Gasteiger partial charge in [-0.15, -0.1) is 0 Å². The number of aliphatic imine (C=N–C) groups is 1. The molecule has 0 atom stereocenters. The van der Waals surface area contributed by atoms with Gasteiger partial charge in [-0.25, -0.2) is 14.4 Å². The van der Waals surface area contributed by atoms with Gasteiger partial charge >= 0.3 is 0 Å². The molecule has 1 aromatic carbocycles. The molecule has 8 heteroatoms. The van der Waals surface area contributed by atoms with Crippen LogP contribution in [0.3, 0.4) is 0 Å². The van der Waals surface area contributed by atoms with Crippen LogP contribution in [0.1, 0.15) is 36.0 Å². The van der Waals surface area contributed by atoms with Crippen LogP contribution in [-0.4, -0.2) is 57.4 Å². The van der Waals surface area contributed by atoms with Gasteiger partial charge in [0.05, 0.1) is 16.8 Å². The minimum atomic E-state index is -0.478. The first-order valence-corrected chi connectivity index (χ1v) is 10.5. The van der Waals surface area contributed by atoms with Crippen molar-refractivity contribution in [1.29, 1.82) is 0 Å². The summed E-state index contributed by atoms with van der Waals surface area (Å²) >= 11 is 5.88. The molecule has 0 spiro atoms. The molecular weight excluding hydrogens is 407 g/mol. The highest BCUT2D eigenvalue weighted by molar-refractivity contribution is 6.30. The molecule has 0 amide bonds. The van der Waals surface area contributed by atoms with Crippen LogP contribution >= 0.6 is 11.6 Å². The number of halogens is 2. The van der Waals surface area contributed by atoms with Crippen molar-refractivity contribution in [2.24, 2.45) is 10.1 Å². The minimum Gasteiger partial charge on any atom is -0.411 e. The zero-order chi connectivity index (χ0) is 21.1. The highest BCUT2D eigenvalue weighted by Gasteiger charge is 2.23. The Balaban J connectivity index is 1.44. The van der Waals surface area contributed by atoms with Crippen LogP contribution < -0.4 is 0 Å². The smallest absolute Gasteiger partial charge is 0.155 e. The summed E-state index contributed by atoms with van der Waals surface area (Å²) in [5, 5.41) is 22.8. The van der Waals surface area contributed by atoms with Crippen LogP contribution in [0.5, 0.6) is 0 Å². The third-order valence-electron chi connectivity index (χ3n) is 5.74. The first-order valence-electron chi connectivity index (χ1n) is 10.1. The second-order valence-electron chi connectivity index (χ2n) is 7.81. The fourth-order valence-corrected chi connectivity index (χ4v) is 4.22. The van der Waals surface area contributed by atoms with E-state index in [9.17, 15) is 14.7 Å². The fraction of sp³-hybridized carbons (Fsp3) is 0.409. The Morgan fingerprint density at radius 2 is 2.07 bits per heavy atom. The van der Waals surface area contributed by atoms with Gasteiger partial charge in [-0.3, -0.25) is 0 Å². The normalized spacial score (nSPS) is 17.8. The number of hydrogen-bond acceptors (Lipinski definition) is 6. The number of aromatic nitrogens is 1. The quantitative estimate of drug-likeness (QED) is 0.415. The number of rotatable bonds is 6. The number of pyridine rings is 1. The van der Waals surface area contributed by atoms with Crippen LogP contribution in [-0.2, 0) is 12.8 Å². The summed E-state index contributed by atoms with van der Waals surface area (Å²) < 4.78 is 13.4. The standard InChI is InChI=1S/C22H24ClFN4O2/c23-19-11-14(1-2-20(19)24)12-21(27-30)17-3-7-25-22-18(17)13-15(26-22)4-8-28-9-5-16(29)6-10-28/h1-3,7,11,16,29-30H,4-6,8-10,12-13H2/b27-21+. The second-order valence-corrected chi connectivity index (χ2v) is 8.22. The lowest BCUT2D eigenvalue weighted by Crippen LogP contribution is -2.37. The van der Waals surface area contributed by atoms with E-state index in [0.29, 0.717) is 24.4 Å². The zero-order valence-electron chi connectivity index (χ0n) is 16.6. The summed E-state index contributed by atoms with van der Waals surface area (Å²) in [6, 6.07) is 6.31. The van der Waals surface area contributed by atoms with Crippen LogP contribution in [0.4, 0.5) is 10.2 Å². The molecule has 4 rings (SSSR count). The van der Waals surface area contributed by atoms with Crippen molar-refractivity contribution in [1.82, 2.24) is 9.88 Å². The summed E-state index contributed by atoms with van der Waals surface area (Å²) in [7, 11) is 0. The van der Waals surface area contributed by atoms with Crippen molar-refractivity contribution in [3.8, 4) is 0 Å². The maximum absolute atomic E-state index is 13.4. The van der Waals surface area contributed by atoms with Crippen molar-refractivity contribution in [3.63, 3.8) is 0 Å². The molecule has 0 unspecified atom stereocenters. The van der Waals surface area contributed by atoms with E-state index in [4.69, 9.17) is 11.6 Å². The number of oxime groups is 1. The maximum Gasteiger partial charge on any atom is 0.155 e. The molecule has 0 radical (unpaired) electrons. The average Bonchev–Trinajstić information content (AvgIpc) is 3.17. The molecule has 1 saturated heterocycles. The van der Waals surface area contributed by atoms with Gasteiger partial charge in [-0.1, -0.05) is 22.8 Å². The molecular formula is C22H24ClFN4O2. The van der Waals surface area contributed by atoms with E-state index in [2.05, 4.69) is 20.0 Å². The number of aliphatic hydroxyl groups is 1. The SMILES string of the molecule is O/N=C(\Cc1ccc(F)c(Cl)c1)c1ccnc2c1CC(CCN1CCC(O)CC1)=N2. The number of aliphatic hydroxyl groups excluding tert-OH is 1. The summed E-state index contributed by atoms with van der Waals surface area (Å²) in [6.45, 7) is 2.72. The van der Waals surface area contributed by atoms with Crippen molar-refractivity contribution in [2.45, 2.75) is 38.2 Å². The van der Waals surface area contributed by atoms with E-state index in [1.54, 1.807) is 18.3 Å². The van der Waals surface area contributed by atoms with Gasteiger partial charge in [0.2, 0.25) is 0 Å². The number of hydrogen-bond donors (Lipinski definition) is 2. The topological polar surface area (TPSA) is 81.3 Å². The van der Waals surface area contributed by atoms with Crippen LogP contribution in [0.25, 0.3) is 0 Å². The zero-order valence-corrected chi connectivity index (χ0v) is 17.3. The predicted molar refractivity (Wildman–Crippen MR) is 115 cm³/mol. The first-order chi connectivity index (χ1) is 14.5. The number of benzene rings is 1. The van der Waals surface area contributed by atoms with E-state index in [1.165, 1.54) is 6.07 Å². The number of nitrogens with zero attached hydrogens (tertiary/aromatic N) is 4. The van der Waals surface area contributed by atoms with E-state index < -0.39 is 5.82 Å². The van der Waals surface area contributed by atoms with E-state index in [1.807, 2.05) is 6.07 Å². The van der Waals surface area contributed by atoms with Crippen LogP contribution in [0, 0.1) is 5.82 Å². The lowest BCUT2D eigenvalue weighted by atomic mass is 9.96. The molecule has 2 aliphatic heterocycles. The highest BCUT2D eigenvalue weighted by Crippen LogP contribution is 2.30. The molecule has 6 nitrogen and oxygen atoms in total. The van der Waals surface area contributed by atoms with E-state index in [0.717, 1.165) is 61.3 Å². The molecule has 0 bridgehead atoms. The molecule has 0 aliphatic carbocycles. The highest BCUT2D eigenvalue weighted by atomic mass is 35.5. The molecule has 2 aliphatic rings. The molecule has 2 N–H and O–H groups in total. The predicted octanol–water partition coefficient (Wildman–Crippen LogP) is 3.77. The fourth-order valence-electron chi connectivity index (χ4n) is 4.02. The van der Waals surface area contributed by atoms with Gasteiger partial charge in [0.1, 0.15) is 5.82 Å². The summed E-state index contributed by atoms with van der Waals surface area (Å²) in [4.78, 5) is 11.4. The van der Waals surface area contributed by atoms with Crippen LogP contribution in [0.2, 0.25) is 5.02 Å². The summed E-state index contributed by atoms with van der Waals surface area (Å²) in [5.74, 6) is 0.184. The molecule has 1 aromatic heterocycles. The monoisotopic (exact) mass is 430 g/mol. The van der Waals surface area contributed by atoms with Crippen LogP contribution in [0.15, 0.2) is 40.6 Å². The lowest BCUT2D eigenvalue weighted by Gasteiger charge is -2.29. The van der Waals surface area contributed by atoms with E-state index >= 15 is 0 Å². The Hall–Kier alpha value is -2.35. The molecule has 0 saturated carbocycles. The van der Waals surface area contributed by atoms with Crippen molar-refractivity contribution < 1.29 is 14.7 Å². The van der Waals surface area contributed by atoms with Gasteiger partial charge in [0, 0.05) is 55.5 Å². The van der Waals surface area contributed by atoms with Crippen molar-refractivity contribution in [3.05, 3.63) is 58.0 Å². The third kappa shape index (κ3) is 4.69. The molecule has 2 aromatic rings. The van der Waals surface area contributed by atoms with Gasteiger partial charge in [-0.05, 0) is 43.0 Å². The maximum atomic E-state index is 13.4. The Labute approximate surface area is 179 Å². The molecule has 1 fully saturated rings. The van der Waals surface area contributed by atoms with Crippen molar-refractivity contribution >= 4 is 28.8 Å². The first kappa shape index (κ1) is 20.9. The number of likely N-dealkylation sites (tertiary alicyclic amines) is 1. The molecule has 158 valence electrons. The Morgan fingerprint density at radius 1 is 1.27 bits per heavy atom. The second kappa shape index (κ2) is 9.20. The van der Waals surface area contributed by atoms with E-state index in [-0.39, 0.29) is 11.1 Å². The van der Waals surface area contributed by atoms with Gasteiger partial charge in [0.15, 0.2) is 5.82 Å². The number of piperidine rings is 1. The molecule has 3 heterocycles. The summed E-state index contributed by atoms with van der Waals surface area (Å²) in [6.07, 6.45) is 4.95. The van der Waals surface area contributed by atoms with Gasteiger partial charge in [-0.2, -0.15) is 0 Å². The summed E-state index contributed by atoms with van der Waals surface area (Å²) in [5.41, 5.74) is 4.02. The number of fused-ring (bicyclic) bond motifs is 1.